The molecule has 0 bridgehead atoms. The number of carbonyl (C=O) groups excluding carboxylic acids is 1. The summed E-state index contributed by atoms with van der Waals surface area (Å²) in [5.74, 6) is -0.633. The molecule has 2 N–H and O–H groups in total. The second-order valence-electron chi connectivity index (χ2n) is 4.10. The summed E-state index contributed by atoms with van der Waals surface area (Å²) >= 11 is 0. The lowest BCUT2D eigenvalue weighted by molar-refractivity contribution is 0.00623. The molecule has 0 atom stereocenters. The fraction of sp³-hybridized carbons (Fsp3) is 0.400. The molecule has 1 rings (SSSR count). The van der Waals surface area contributed by atoms with Gasteiger partial charge in [-0.25, -0.2) is 14.8 Å². The first-order valence-corrected chi connectivity index (χ1v) is 4.59. The summed E-state index contributed by atoms with van der Waals surface area (Å²) in [5, 5.41) is 8.67. The van der Waals surface area contributed by atoms with Gasteiger partial charge in [0.05, 0.1) is 6.20 Å². The molecule has 84 valence electrons. The average molecular weight is 220 g/mol. The standard InChI is InChI=1S/C10H12N4O2/c1-10(2,3)16-9(15)7-5-13-8(12)6(4-11)14-7/h5H,1-3H3,(H2,12,13). The van der Waals surface area contributed by atoms with Crippen molar-refractivity contribution in [2.45, 2.75) is 26.4 Å². The zero-order valence-electron chi connectivity index (χ0n) is 9.31. The summed E-state index contributed by atoms with van der Waals surface area (Å²) in [6.45, 7) is 5.21. The topological polar surface area (TPSA) is 102 Å². The Morgan fingerprint density at radius 2 is 2.19 bits per heavy atom. The number of hydrogen-bond acceptors (Lipinski definition) is 6. The zero-order valence-corrected chi connectivity index (χ0v) is 9.31. The van der Waals surface area contributed by atoms with Crippen molar-refractivity contribution < 1.29 is 9.53 Å². The number of ether oxygens (including phenoxy) is 1. The van der Waals surface area contributed by atoms with E-state index >= 15 is 0 Å². The lowest BCUT2D eigenvalue weighted by Gasteiger charge is -2.18. The van der Waals surface area contributed by atoms with Gasteiger partial charge in [0.2, 0.25) is 0 Å². The van der Waals surface area contributed by atoms with Gasteiger partial charge in [0.15, 0.2) is 17.2 Å². The molecule has 0 fully saturated rings. The Hall–Kier alpha value is -2.16. The lowest BCUT2D eigenvalue weighted by atomic mass is 10.2. The average Bonchev–Trinajstić information content (AvgIpc) is 2.15. The van der Waals surface area contributed by atoms with Crippen molar-refractivity contribution in [2.75, 3.05) is 5.73 Å². The third-order valence-corrected chi connectivity index (χ3v) is 1.51. The maximum absolute atomic E-state index is 11.6. The van der Waals surface area contributed by atoms with Crippen LogP contribution in [0.3, 0.4) is 0 Å². The molecule has 0 aliphatic heterocycles. The molecule has 16 heavy (non-hydrogen) atoms. The Balaban J connectivity index is 2.98. The van der Waals surface area contributed by atoms with Crippen molar-refractivity contribution in [3.05, 3.63) is 17.6 Å². The van der Waals surface area contributed by atoms with E-state index in [9.17, 15) is 4.79 Å². The van der Waals surface area contributed by atoms with Crippen molar-refractivity contribution >= 4 is 11.8 Å². The second-order valence-corrected chi connectivity index (χ2v) is 4.10. The molecule has 1 heterocycles. The number of carbonyl (C=O) groups is 1. The summed E-state index contributed by atoms with van der Waals surface area (Å²) in [7, 11) is 0. The van der Waals surface area contributed by atoms with E-state index in [0.29, 0.717) is 0 Å². The molecule has 0 saturated heterocycles. The Morgan fingerprint density at radius 1 is 1.56 bits per heavy atom. The lowest BCUT2D eigenvalue weighted by Crippen LogP contribution is -2.24. The number of aromatic nitrogens is 2. The maximum Gasteiger partial charge on any atom is 0.359 e. The molecule has 1 aromatic rings. The van der Waals surface area contributed by atoms with E-state index in [1.54, 1.807) is 26.8 Å². The van der Waals surface area contributed by atoms with Gasteiger partial charge in [-0.2, -0.15) is 5.26 Å². The molecule has 6 nitrogen and oxygen atoms in total. The van der Waals surface area contributed by atoms with E-state index in [0.717, 1.165) is 0 Å². The van der Waals surface area contributed by atoms with E-state index in [1.807, 2.05) is 0 Å². The number of nitrogen functional groups attached to an aromatic ring is 1. The highest BCUT2D eigenvalue weighted by Crippen LogP contribution is 2.11. The number of anilines is 1. The maximum atomic E-state index is 11.6. The summed E-state index contributed by atoms with van der Waals surface area (Å²) in [5.41, 5.74) is 4.65. The first-order valence-electron chi connectivity index (χ1n) is 4.59. The summed E-state index contributed by atoms with van der Waals surface area (Å²) in [6, 6.07) is 1.75. The molecule has 0 aliphatic carbocycles. The zero-order chi connectivity index (χ0) is 12.3. The molecule has 0 amide bonds. The molecule has 6 heteroatoms. The van der Waals surface area contributed by atoms with Gasteiger partial charge < -0.3 is 10.5 Å². The van der Waals surface area contributed by atoms with E-state index in [1.165, 1.54) is 6.20 Å². The van der Waals surface area contributed by atoms with E-state index in [4.69, 9.17) is 15.7 Å². The first-order chi connectivity index (χ1) is 7.33. The number of esters is 1. The van der Waals surface area contributed by atoms with Crippen molar-refractivity contribution in [3.63, 3.8) is 0 Å². The van der Waals surface area contributed by atoms with Crippen LogP contribution in [-0.4, -0.2) is 21.5 Å². The minimum Gasteiger partial charge on any atom is -0.455 e. The Bertz CT molecular complexity index is 457. The fourth-order valence-corrected chi connectivity index (χ4v) is 0.909. The van der Waals surface area contributed by atoms with Crippen LogP contribution in [0, 0.1) is 11.3 Å². The predicted octanol–water partition coefficient (Wildman–Crippen LogP) is 0.886. The highest BCUT2D eigenvalue weighted by Gasteiger charge is 2.20. The summed E-state index contributed by atoms with van der Waals surface area (Å²) in [6.07, 6.45) is 1.18. The highest BCUT2D eigenvalue weighted by molar-refractivity contribution is 5.87. The van der Waals surface area contributed by atoms with Gasteiger partial charge in [-0.1, -0.05) is 0 Å². The normalized spacial score (nSPS) is 10.6. The quantitative estimate of drug-likeness (QED) is 0.705. The van der Waals surface area contributed by atoms with Crippen LogP contribution < -0.4 is 5.73 Å². The van der Waals surface area contributed by atoms with Crippen LogP contribution in [0.2, 0.25) is 0 Å². The molecule has 0 aromatic carbocycles. The molecule has 0 radical (unpaired) electrons. The minimum atomic E-state index is -0.628. The first kappa shape index (κ1) is 11.9. The summed E-state index contributed by atoms with van der Waals surface area (Å²) in [4.78, 5) is 19.0. The fourth-order valence-electron chi connectivity index (χ4n) is 0.909. The summed E-state index contributed by atoms with van der Waals surface area (Å²) < 4.78 is 5.07. The van der Waals surface area contributed by atoms with E-state index < -0.39 is 11.6 Å². The molecule has 0 unspecified atom stereocenters. The van der Waals surface area contributed by atoms with Crippen molar-refractivity contribution in [1.29, 1.82) is 5.26 Å². The van der Waals surface area contributed by atoms with Crippen molar-refractivity contribution in [3.8, 4) is 6.07 Å². The van der Waals surface area contributed by atoms with Crippen LogP contribution in [0.15, 0.2) is 6.20 Å². The van der Waals surface area contributed by atoms with Crippen LogP contribution in [0.25, 0.3) is 0 Å². The number of nitrogens with zero attached hydrogens (tertiary/aromatic N) is 3. The van der Waals surface area contributed by atoms with Crippen LogP contribution in [0.1, 0.15) is 37.0 Å². The smallest absolute Gasteiger partial charge is 0.359 e. The molecule has 1 aromatic heterocycles. The minimum absolute atomic E-state index is 0.00481. The third-order valence-electron chi connectivity index (χ3n) is 1.51. The molecule has 0 spiro atoms. The Morgan fingerprint density at radius 3 is 2.69 bits per heavy atom. The predicted molar refractivity (Wildman–Crippen MR) is 56.3 cm³/mol. The van der Waals surface area contributed by atoms with Gasteiger partial charge in [-0.3, -0.25) is 0 Å². The van der Waals surface area contributed by atoms with Gasteiger partial charge >= 0.3 is 5.97 Å². The highest BCUT2D eigenvalue weighted by atomic mass is 16.6. The van der Waals surface area contributed by atoms with E-state index in [-0.39, 0.29) is 17.2 Å². The molecule has 0 aliphatic rings. The van der Waals surface area contributed by atoms with Gasteiger partial charge in [0.1, 0.15) is 11.7 Å². The number of nitrogens with two attached hydrogens (primary N) is 1. The van der Waals surface area contributed by atoms with Crippen LogP contribution in [0.5, 0.6) is 0 Å². The molecular formula is C10H12N4O2. The van der Waals surface area contributed by atoms with Gasteiger partial charge in [-0.05, 0) is 20.8 Å². The number of hydrogen-bond donors (Lipinski definition) is 1. The van der Waals surface area contributed by atoms with Crippen molar-refractivity contribution in [1.82, 2.24) is 9.97 Å². The van der Waals surface area contributed by atoms with E-state index in [2.05, 4.69) is 9.97 Å². The monoisotopic (exact) mass is 220 g/mol. The molecule has 0 saturated carbocycles. The Kier molecular flexibility index (Phi) is 3.09. The largest absolute Gasteiger partial charge is 0.455 e. The SMILES string of the molecule is CC(C)(C)OC(=O)c1cnc(N)c(C#N)n1. The number of rotatable bonds is 1. The third kappa shape index (κ3) is 2.92. The number of nitriles is 1. The Labute approximate surface area is 93.1 Å². The van der Waals surface area contributed by atoms with Gasteiger partial charge in [-0.15, -0.1) is 0 Å². The second kappa shape index (κ2) is 4.14. The van der Waals surface area contributed by atoms with Gasteiger partial charge in [0, 0.05) is 0 Å². The molecular weight excluding hydrogens is 208 g/mol. The van der Waals surface area contributed by atoms with Crippen molar-refractivity contribution in [2.24, 2.45) is 0 Å². The van der Waals surface area contributed by atoms with Crippen LogP contribution in [0.4, 0.5) is 5.82 Å². The van der Waals surface area contributed by atoms with Crippen LogP contribution >= 0.6 is 0 Å². The van der Waals surface area contributed by atoms with Gasteiger partial charge in [0.25, 0.3) is 0 Å². The van der Waals surface area contributed by atoms with Crippen LogP contribution in [-0.2, 0) is 4.74 Å².